The fraction of sp³-hybridized carbons (Fsp3) is 0.550. The van der Waals surface area contributed by atoms with Crippen LogP contribution in [0, 0.1) is 5.92 Å². The van der Waals surface area contributed by atoms with Crippen LogP contribution < -0.4 is 4.90 Å². The number of carbonyl (C=O) groups is 1. The summed E-state index contributed by atoms with van der Waals surface area (Å²) in [6.45, 7) is 0. The molecule has 3 atom stereocenters. The minimum absolute atomic E-state index is 0.380. The van der Waals surface area contributed by atoms with E-state index in [1.165, 1.54) is 57.1 Å². The largest absolute Gasteiger partial charge is 0.478 e. The average molecular weight is 311 g/mol. The van der Waals surface area contributed by atoms with Crippen LogP contribution in [0.1, 0.15) is 61.7 Å². The molecular weight excluding hydrogens is 286 g/mol. The minimum atomic E-state index is -0.844. The first-order valence-electron chi connectivity index (χ1n) is 9.06. The van der Waals surface area contributed by atoms with Crippen molar-refractivity contribution in [2.75, 3.05) is 4.90 Å². The Morgan fingerprint density at radius 2 is 1.74 bits per heavy atom. The van der Waals surface area contributed by atoms with E-state index in [4.69, 9.17) is 5.11 Å². The predicted molar refractivity (Wildman–Crippen MR) is 92.0 cm³/mol. The fourth-order valence-corrected chi connectivity index (χ4v) is 4.86. The van der Waals surface area contributed by atoms with Gasteiger partial charge >= 0.3 is 5.97 Å². The molecule has 1 heterocycles. The van der Waals surface area contributed by atoms with Crippen LogP contribution in [0.5, 0.6) is 0 Å². The van der Waals surface area contributed by atoms with Crippen LogP contribution in [0.3, 0.4) is 0 Å². The van der Waals surface area contributed by atoms with E-state index in [0.29, 0.717) is 23.6 Å². The molecule has 1 N–H and O–H groups in total. The number of carboxylic acid groups (broad SMARTS) is 1. The zero-order chi connectivity index (χ0) is 15.8. The van der Waals surface area contributed by atoms with Gasteiger partial charge in [0.25, 0.3) is 0 Å². The molecule has 0 spiro atoms. The summed E-state index contributed by atoms with van der Waals surface area (Å²) < 4.78 is 0. The Labute approximate surface area is 138 Å². The van der Waals surface area contributed by atoms with Crippen LogP contribution in [-0.4, -0.2) is 23.2 Å². The SMILES string of the molecule is O=C(O)c1ccc(N2C3CCCCC3=CC3CCCCC32)cc1. The van der Waals surface area contributed by atoms with E-state index in [-0.39, 0.29) is 0 Å². The van der Waals surface area contributed by atoms with Crippen molar-refractivity contribution in [2.45, 2.75) is 63.5 Å². The van der Waals surface area contributed by atoms with Crippen LogP contribution in [0.4, 0.5) is 5.69 Å². The van der Waals surface area contributed by atoms with Crippen LogP contribution in [0.2, 0.25) is 0 Å². The second kappa shape index (κ2) is 6.03. The number of hydrogen-bond acceptors (Lipinski definition) is 2. The lowest BCUT2D eigenvalue weighted by molar-refractivity contribution is 0.0697. The van der Waals surface area contributed by atoms with Crippen molar-refractivity contribution in [1.29, 1.82) is 0 Å². The molecule has 2 fully saturated rings. The first-order chi connectivity index (χ1) is 11.2. The molecule has 0 radical (unpaired) electrons. The number of anilines is 1. The fourth-order valence-electron chi connectivity index (χ4n) is 4.86. The number of hydrogen-bond donors (Lipinski definition) is 1. The normalized spacial score (nSPS) is 30.2. The molecule has 2 saturated carbocycles. The van der Waals surface area contributed by atoms with Crippen LogP contribution in [0.15, 0.2) is 35.9 Å². The van der Waals surface area contributed by atoms with Crippen molar-refractivity contribution < 1.29 is 9.90 Å². The van der Waals surface area contributed by atoms with E-state index in [2.05, 4.69) is 11.0 Å². The van der Waals surface area contributed by atoms with E-state index in [0.717, 1.165) is 0 Å². The maximum absolute atomic E-state index is 11.1. The third-order valence-corrected chi connectivity index (χ3v) is 5.94. The lowest BCUT2D eigenvalue weighted by Crippen LogP contribution is -2.52. The summed E-state index contributed by atoms with van der Waals surface area (Å²) in [7, 11) is 0. The summed E-state index contributed by atoms with van der Waals surface area (Å²) in [4.78, 5) is 13.8. The van der Waals surface area contributed by atoms with Gasteiger partial charge in [0, 0.05) is 11.7 Å². The minimum Gasteiger partial charge on any atom is -0.478 e. The number of benzene rings is 1. The van der Waals surface area contributed by atoms with E-state index in [1.54, 1.807) is 17.7 Å². The number of aromatic carboxylic acids is 1. The van der Waals surface area contributed by atoms with Crippen molar-refractivity contribution in [3.8, 4) is 0 Å². The summed E-state index contributed by atoms with van der Waals surface area (Å²) in [6.07, 6.45) is 13.0. The van der Waals surface area contributed by atoms with Crippen LogP contribution >= 0.6 is 0 Å². The lowest BCUT2D eigenvalue weighted by atomic mass is 9.74. The topological polar surface area (TPSA) is 40.5 Å². The molecule has 3 heteroatoms. The van der Waals surface area contributed by atoms with Gasteiger partial charge in [-0.25, -0.2) is 4.79 Å². The second-order valence-electron chi connectivity index (χ2n) is 7.28. The van der Waals surface area contributed by atoms with Gasteiger partial charge in [-0.15, -0.1) is 0 Å². The molecule has 1 aromatic carbocycles. The zero-order valence-corrected chi connectivity index (χ0v) is 13.6. The Morgan fingerprint density at radius 1 is 1.00 bits per heavy atom. The molecule has 0 aromatic heterocycles. The Bertz CT molecular complexity index is 619. The Balaban J connectivity index is 1.71. The Hall–Kier alpha value is -1.77. The maximum Gasteiger partial charge on any atom is 0.335 e. The smallest absolute Gasteiger partial charge is 0.335 e. The molecule has 1 aliphatic heterocycles. The standard InChI is InChI=1S/C20H25NO2/c22-20(23)14-9-11-17(12-10-14)21-18-7-3-1-5-15(18)13-16-6-2-4-8-19(16)21/h9-13,15,18-19H,1-8H2,(H,22,23). The molecule has 0 saturated heterocycles. The van der Waals surface area contributed by atoms with E-state index in [9.17, 15) is 4.79 Å². The first-order valence-corrected chi connectivity index (χ1v) is 9.06. The second-order valence-corrected chi connectivity index (χ2v) is 7.28. The third-order valence-electron chi connectivity index (χ3n) is 5.94. The Morgan fingerprint density at radius 3 is 2.52 bits per heavy atom. The molecule has 0 amide bonds. The van der Waals surface area contributed by atoms with E-state index < -0.39 is 5.97 Å². The van der Waals surface area contributed by atoms with Gasteiger partial charge in [0.1, 0.15) is 0 Å². The highest BCUT2D eigenvalue weighted by atomic mass is 16.4. The van der Waals surface area contributed by atoms with Crippen LogP contribution in [0.25, 0.3) is 0 Å². The van der Waals surface area contributed by atoms with Crippen molar-refractivity contribution in [3.05, 3.63) is 41.5 Å². The monoisotopic (exact) mass is 311 g/mol. The maximum atomic E-state index is 11.1. The van der Waals surface area contributed by atoms with Crippen LogP contribution in [-0.2, 0) is 0 Å². The summed E-state index contributed by atoms with van der Waals surface area (Å²) >= 11 is 0. The van der Waals surface area contributed by atoms with Gasteiger partial charge < -0.3 is 10.0 Å². The van der Waals surface area contributed by atoms with Gasteiger partial charge in [-0.1, -0.05) is 30.9 Å². The summed E-state index contributed by atoms with van der Waals surface area (Å²) in [6, 6.07) is 8.71. The number of fused-ring (bicyclic) bond motifs is 2. The van der Waals surface area contributed by atoms with Gasteiger partial charge in [0.2, 0.25) is 0 Å². The van der Waals surface area contributed by atoms with Crippen molar-refractivity contribution in [1.82, 2.24) is 0 Å². The van der Waals surface area contributed by atoms with Crippen molar-refractivity contribution >= 4 is 11.7 Å². The highest BCUT2D eigenvalue weighted by Gasteiger charge is 2.39. The Kier molecular flexibility index (Phi) is 3.88. The van der Waals surface area contributed by atoms with Gasteiger partial charge in [-0.2, -0.15) is 0 Å². The van der Waals surface area contributed by atoms with E-state index >= 15 is 0 Å². The highest BCUT2D eigenvalue weighted by Crippen LogP contribution is 2.43. The first kappa shape index (κ1) is 14.8. The predicted octanol–water partition coefficient (Wildman–Crippen LogP) is 4.63. The van der Waals surface area contributed by atoms with Gasteiger partial charge in [-0.05, 0) is 62.3 Å². The molecule has 23 heavy (non-hydrogen) atoms. The lowest BCUT2D eigenvalue weighted by Gasteiger charge is -2.51. The third kappa shape index (κ3) is 2.66. The molecule has 4 rings (SSSR count). The average Bonchev–Trinajstić information content (AvgIpc) is 2.59. The molecule has 0 bridgehead atoms. The zero-order valence-electron chi connectivity index (χ0n) is 13.6. The number of rotatable bonds is 2. The van der Waals surface area contributed by atoms with Crippen molar-refractivity contribution in [3.63, 3.8) is 0 Å². The summed E-state index contributed by atoms with van der Waals surface area (Å²) in [5, 5.41) is 9.14. The molecule has 3 unspecified atom stereocenters. The summed E-state index contributed by atoms with van der Waals surface area (Å²) in [5.41, 5.74) is 3.23. The summed E-state index contributed by atoms with van der Waals surface area (Å²) in [5.74, 6) is -0.156. The van der Waals surface area contributed by atoms with Crippen molar-refractivity contribution in [2.24, 2.45) is 5.92 Å². The molecule has 122 valence electrons. The number of carboxylic acids is 1. The van der Waals surface area contributed by atoms with Gasteiger partial charge in [0.15, 0.2) is 0 Å². The quantitative estimate of drug-likeness (QED) is 0.809. The van der Waals surface area contributed by atoms with Gasteiger partial charge in [0.05, 0.1) is 11.6 Å². The molecule has 1 aromatic rings. The highest BCUT2D eigenvalue weighted by molar-refractivity contribution is 5.88. The molecular formula is C20H25NO2. The molecule has 2 aliphatic carbocycles. The molecule has 3 nitrogen and oxygen atoms in total. The molecule has 3 aliphatic rings. The van der Waals surface area contributed by atoms with E-state index in [1.807, 2.05) is 12.1 Å². The van der Waals surface area contributed by atoms with Gasteiger partial charge in [-0.3, -0.25) is 0 Å². The number of nitrogens with zero attached hydrogens (tertiary/aromatic N) is 1.